The van der Waals surface area contributed by atoms with Gasteiger partial charge in [0.25, 0.3) is 0 Å². The lowest BCUT2D eigenvalue weighted by molar-refractivity contribution is 0.726. The molecule has 0 amide bonds. The number of halogens is 1. The summed E-state index contributed by atoms with van der Waals surface area (Å²) < 4.78 is 0. The standard InChI is InChI=1S/C10H13BrS/c1-7-3-4-9(12-7)10(2)5-8(10)6-11/h3-4,8H,5-6H2,1-2H3. The van der Waals surface area contributed by atoms with Crippen LogP contribution in [-0.4, -0.2) is 5.33 Å². The molecule has 1 heterocycles. The molecule has 1 aromatic rings. The Labute approximate surface area is 86.1 Å². The molecular weight excluding hydrogens is 232 g/mol. The fraction of sp³-hybridized carbons (Fsp3) is 0.600. The van der Waals surface area contributed by atoms with E-state index in [9.17, 15) is 0 Å². The van der Waals surface area contributed by atoms with E-state index in [1.54, 1.807) is 4.88 Å². The lowest BCUT2D eigenvalue weighted by atomic mass is 10.1. The molecule has 2 heteroatoms. The maximum Gasteiger partial charge on any atom is 0.0110 e. The van der Waals surface area contributed by atoms with Crippen molar-refractivity contribution in [2.45, 2.75) is 25.7 Å². The van der Waals surface area contributed by atoms with Crippen molar-refractivity contribution in [2.24, 2.45) is 5.92 Å². The summed E-state index contributed by atoms with van der Waals surface area (Å²) >= 11 is 5.52. The molecule has 66 valence electrons. The summed E-state index contributed by atoms with van der Waals surface area (Å²) in [5.74, 6) is 0.871. The molecule has 0 aliphatic heterocycles. The van der Waals surface area contributed by atoms with Gasteiger partial charge in [-0.15, -0.1) is 11.3 Å². The molecule has 1 aliphatic carbocycles. The molecule has 2 unspecified atom stereocenters. The topological polar surface area (TPSA) is 0 Å². The van der Waals surface area contributed by atoms with Crippen molar-refractivity contribution in [3.63, 3.8) is 0 Å². The lowest BCUT2D eigenvalue weighted by Gasteiger charge is -2.05. The van der Waals surface area contributed by atoms with Gasteiger partial charge in [0.05, 0.1) is 0 Å². The first-order chi connectivity index (χ1) is 5.66. The number of alkyl halides is 1. The van der Waals surface area contributed by atoms with Gasteiger partial charge in [-0.05, 0) is 31.4 Å². The highest BCUT2D eigenvalue weighted by Gasteiger charge is 2.50. The summed E-state index contributed by atoms with van der Waals surface area (Å²) in [6.45, 7) is 4.56. The summed E-state index contributed by atoms with van der Waals surface area (Å²) in [6, 6.07) is 4.53. The molecule has 0 spiro atoms. The molecule has 0 nitrogen and oxygen atoms in total. The van der Waals surface area contributed by atoms with Crippen LogP contribution in [0.2, 0.25) is 0 Å². The molecule has 0 N–H and O–H groups in total. The smallest absolute Gasteiger partial charge is 0.0110 e. The van der Waals surface area contributed by atoms with Crippen LogP contribution < -0.4 is 0 Å². The minimum absolute atomic E-state index is 0.502. The first-order valence-electron chi connectivity index (χ1n) is 4.29. The van der Waals surface area contributed by atoms with E-state index in [-0.39, 0.29) is 0 Å². The first-order valence-corrected chi connectivity index (χ1v) is 6.23. The minimum atomic E-state index is 0.502. The number of hydrogen-bond donors (Lipinski definition) is 0. The van der Waals surface area contributed by atoms with Crippen molar-refractivity contribution < 1.29 is 0 Å². The highest BCUT2D eigenvalue weighted by Crippen LogP contribution is 2.56. The summed E-state index contributed by atoms with van der Waals surface area (Å²) in [6.07, 6.45) is 1.36. The molecule has 0 saturated heterocycles. The zero-order valence-electron chi connectivity index (χ0n) is 7.43. The van der Waals surface area contributed by atoms with Gasteiger partial charge in [-0.2, -0.15) is 0 Å². The van der Waals surface area contributed by atoms with Crippen LogP contribution in [0.4, 0.5) is 0 Å². The third kappa shape index (κ3) is 1.25. The lowest BCUT2D eigenvalue weighted by Crippen LogP contribution is -2.01. The summed E-state index contributed by atoms with van der Waals surface area (Å²) in [7, 11) is 0. The Morgan fingerprint density at radius 3 is 2.83 bits per heavy atom. The van der Waals surface area contributed by atoms with E-state index < -0.39 is 0 Å². The van der Waals surface area contributed by atoms with Crippen molar-refractivity contribution in [1.29, 1.82) is 0 Å². The van der Waals surface area contributed by atoms with Crippen LogP contribution in [0.1, 0.15) is 23.1 Å². The molecule has 2 rings (SSSR count). The summed E-state index contributed by atoms with van der Waals surface area (Å²) in [5, 5.41) is 1.15. The predicted octanol–water partition coefficient (Wildman–Crippen LogP) is 3.73. The zero-order valence-corrected chi connectivity index (χ0v) is 9.83. The Hall–Kier alpha value is 0.180. The van der Waals surface area contributed by atoms with E-state index in [2.05, 4.69) is 41.9 Å². The largest absolute Gasteiger partial charge is 0.145 e. The van der Waals surface area contributed by atoms with Crippen LogP contribution in [-0.2, 0) is 5.41 Å². The normalized spacial score (nSPS) is 33.8. The van der Waals surface area contributed by atoms with Gasteiger partial charge in [-0.3, -0.25) is 0 Å². The molecule has 1 aromatic heterocycles. The van der Waals surface area contributed by atoms with Gasteiger partial charge in [0, 0.05) is 20.5 Å². The Bertz CT molecular complexity index is 292. The number of rotatable bonds is 2. The second-order valence-electron chi connectivity index (χ2n) is 3.88. The third-order valence-electron chi connectivity index (χ3n) is 2.90. The number of hydrogen-bond acceptors (Lipinski definition) is 1. The summed E-state index contributed by atoms with van der Waals surface area (Å²) in [4.78, 5) is 3.01. The fourth-order valence-electron chi connectivity index (χ4n) is 1.72. The number of thiophene rings is 1. The van der Waals surface area contributed by atoms with Gasteiger partial charge in [-0.1, -0.05) is 22.9 Å². The van der Waals surface area contributed by atoms with Crippen molar-refractivity contribution in [1.82, 2.24) is 0 Å². The molecule has 2 atom stereocenters. The van der Waals surface area contributed by atoms with Crippen LogP contribution in [0.25, 0.3) is 0 Å². The van der Waals surface area contributed by atoms with E-state index in [0.717, 1.165) is 11.2 Å². The Morgan fingerprint density at radius 2 is 2.42 bits per heavy atom. The average Bonchev–Trinajstić information content (AvgIpc) is 2.50. The van der Waals surface area contributed by atoms with Crippen LogP contribution in [0.15, 0.2) is 12.1 Å². The Balaban J connectivity index is 2.22. The van der Waals surface area contributed by atoms with E-state index in [1.165, 1.54) is 11.3 Å². The quantitative estimate of drug-likeness (QED) is 0.696. The van der Waals surface area contributed by atoms with Crippen LogP contribution in [0.5, 0.6) is 0 Å². The van der Waals surface area contributed by atoms with E-state index >= 15 is 0 Å². The Kier molecular flexibility index (Phi) is 2.08. The second-order valence-corrected chi connectivity index (χ2v) is 5.82. The molecule has 0 aromatic carbocycles. The average molecular weight is 245 g/mol. The maximum absolute atomic E-state index is 3.56. The van der Waals surface area contributed by atoms with Gasteiger partial charge in [0.2, 0.25) is 0 Å². The second kappa shape index (κ2) is 2.85. The van der Waals surface area contributed by atoms with Crippen molar-refractivity contribution >= 4 is 27.3 Å². The van der Waals surface area contributed by atoms with Crippen molar-refractivity contribution in [3.8, 4) is 0 Å². The predicted molar refractivity (Wildman–Crippen MR) is 58.3 cm³/mol. The molecule has 1 aliphatic rings. The summed E-state index contributed by atoms with van der Waals surface area (Å²) in [5.41, 5.74) is 0.502. The molecule has 0 bridgehead atoms. The first kappa shape index (κ1) is 8.76. The molecule has 1 fully saturated rings. The van der Waals surface area contributed by atoms with Crippen molar-refractivity contribution in [2.75, 3.05) is 5.33 Å². The highest BCUT2D eigenvalue weighted by molar-refractivity contribution is 9.09. The SMILES string of the molecule is Cc1ccc(C2(C)CC2CBr)s1. The van der Waals surface area contributed by atoms with E-state index in [4.69, 9.17) is 0 Å². The van der Waals surface area contributed by atoms with Gasteiger partial charge >= 0.3 is 0 Å². The maximum atomic E-state index is 3.56. The molecular formula is C10H13BrS. The van der Waals surface area contributed by atoms with Crippen molar-refractivity contribution in [3.05, 3.63) is 21.9 Å². The van der Waals surface area contributed by atoms with Gasteiger partial charge in [0.15, 0.2) is 0 Å². The molecule has 0 radical (unpaired) electrons. The highest BCUT2D eigenvalue weighted by atomic mass is 79.9. The minimum Gasteiger partial charge on any atom is -0.145 e. The fourth-order valence-corrected chi connectivity index (χ4v) is 3.77. The van der Waals surface area contributed by atoms with Crippen LogP contribution in [0.3, 0.4) is 0 Å². The van der Waals surface area contributed by atoms with Gasteiger partial charge < -0.3 is 0 Å². The zero-order chi connectivity index (χ0) is 8.77. The van der Waals surface area contributed by atoms with Crippen LogP contribution in [0, 0.1) is 12.8 Å². The van der Waals surface area contributed by atoms with Gasteiger partial charge in [-0.25, -0.2) is 0 Å². The van der Waals surface area contributed by atoms with Gasteiger partial charge in [0.1, 0.15) is 0 Å². The van der Waals surface area contributed by atoms with Crippen LogP contribution >= 0.6 is 27.3 Å². The van der Waals surface area contributed by atoms with E-state index in [0.29, 0.717) is 5.41 Å². The third-order valence-corrected chi connectivity index (χ3v) is 4.96. The number of aryl methyl sites for hydroxylation is 1. The van der Waals surface area contributed by atoms with E-state index in [1.807, 2.05) is 11.3 Å². The molecule has 1 saturated carbocycles. The monoisotopic (exact) mass is 244 g/mol. The molecule has 12 heavy (non-hydrogen) atoms. The Morgan fingerprint density at radius 1 is 1.67 bits per heavy atom.